The zero-order chi connectivity index (χ0) is 34.6. The minimum Gasteiger partial charge on any atom is -0.453 e. The molecule has 5 aromatic rings. The zero-order valence-corrected chi connectivity index (χ0v) is 28.7. The van der Waals surface area contributed by atoms with Crippen molar-refractivity contribution in [3.8, 4) is 17.6 Å². The van der Waals surface area contributed by atoms with E-state index in [1.54, 1.807) is 28.6 Å². The molecule has 0 bridgehead atoms. The Balaban J connectivity index is 1.10. The average Bonchev–Trinajstić information content (AvgIpc) is 3.73. The smallest absolute Gasteiger partial charge is 0.433 e. The van der Waals surface area contributed by atoms with Crippen LogP contribution in [0.5, 0.6) is 11.5 Å². The van der Waals surface area contributed by atoms with Gasteiger partial charge in [0, 0.05) is 46.4 Å². The first-order valence-electron chi connectivity index (χ1n) is 16.2. The summed E-state index contributed by atoms with van der Waals surface area (Å²) in [5.74, 6) is 0.707. The normalized spacial score (nSPS) is 16.7. The van der Waals surface area contributed by atoms with Crippen LogP contribution in [0.4, 0.5) is 24.9 Å². The molecule has 6 heterocycles. The number of hydrogen-bond acceptors (Lipinski definition) is 10. The second-order valence-electron chi connectivity index (χ2n) is 14.1. The van der Waals surface area contributed by atoms with Crippen LogP contribution in [0.25, 0.3) is 22.2 Å². The molecule has 2 aliphatic rings. The van der Waals surface area contributed by atoms with Crippen LogP contribution in [0.1, 0.15) is 43.0 Å². The van der Waals surface area contributed by atoms with E-state index < -0.39 is 19.9 Å². The Labute approximate surface area is 281 Å². The predicted molar refractivity (Wildman–Crippen MR) is 176 cm³/mol. The van der Waals surface area contributed by atoms with Crippen LogP contribution in [0.15, 0.2) is 30.7 Å². The summed E-state index contributed by atoms with van der Waals surface area (Å²) < 4.78 is 64.0. The van der Waals surface area contributed by atoms with Crippen molar-refractivity contribution in [3.63, 3.8) is 0 Å². The SMILES string of the molecule is Cn1c(Nc2cc(C(F)(F)F)n(C3CC4(CCOCC4)C3)n2)nc2ncc(Oc3cnc4c(cnn4COCC[Si](C)(C)C)c3)c(C#N)c21. The Morgan fingerprint density at radius 1 is 1.12 bits per heavy atom. The molecule has 0 unspecified atom stereocenters. The van der Waals surface area contributed by atoms with Crippen molar-refractivity contribution in [3.05, 3.63) is 42.0 Å². The van der Waals surface area contributed by atoms with E-state index in [1.807, 2.05) is 0 Å². The van der Waals surface area contributed by atoms with Crippen molar-refractivity contribution < 1.29 is 27.4 Å². The number of aromatic nitrogens is 8. The van der Waals surface area contributed by atoms with Gasteiger partial charge < -0.3 is 24.1 Å². The standard InChI is InChI=1S/C32H37F3N10O3Si/c1-43-27-23(15-36)24(48-22-11-20-16-39-44(29(20)38-17-22)19-47-9-10-49(2,3)4)18-37-28(27)41-30(43)40-26-12-25(32(33,34)35)45(42-26)21-13-31(14-21)5-7-46-8-6-31/h11-12,16-18,21H,5-10,13-14,19H2,1-4H3,(H,37,40,41,42). The van der Waals surface area contributed by atoms with Crippen LogP contribution in [-0.4, -0.2) is 67.0 Å². The molecule has 0 atom stereocenters. The Bertz CT molecular complexity index is 2050. The van der Waals surface area contributed by atoms with Gasteiger partial charge in [0.1, 0.15) is 35.3 Å². The molecule has 17 heteroatoms. The van der Waals surface area contributed by atoms with E-state index in [2.05, 4.69) is 56.2 Å². The van der Waals surface area contributed by atoms with Gasteiger partial charge >= 0.3 is 6.18 Å². The summed E-state index contributed by atoms with van der Waals surface area (Å²) in [4.78, 5) is 13.3. The summed E-state index contributed by atoms with van der Waals surface area (Å²) >= 11 is 0. The molecular formula is C32H37F3N10O3Si. The number of nitrogens with zero attached hydrogens (tertiary/aromatic N) is 9. The molecule has 0 amide bonds. The maximum absolute atomic E-state index is 14.1. The van der Waals surface area contributed by atoms with E-state index in [4.69, 9.17) is 14.2 Å². The average molecular weight is 695 g/mol. The highest BCUT2D eigenvalue weighted by Crippen LogP contribution is 2.55. The van der Waals surface area contributed by atoms with E-state index in [9.17, 15) is 18.4 Å². The number of alkyl halides is 3. The van der Waals surface area contributed by atoms with E-state index in [0.717, 1.165) is 35.0 Å². The van der Waals surface area contributed by atoms with E-state index in [1.165, 1.54) is 12.4 Å². The molecule has 0 aromatic carbocycles. The zero-order valence-electron chi connectivity index (χ0n) is 27.7. The minimum atomic E-state index is -4.59. The van der Waals surface area contributed by atoms with Crippen molar-refractivity contribution in [2.45, 2.75) is 70.3 Å². The third kappa shape index (κ3) is 6.59. The van der Waals surface area contributed by atoms with E-state index in [0.29, 0.717) is 49.6 Å². The molecule has 1 saturated carbocycles. The number of nitriles is 1. The lowest BCUT2D eigenvalue weighted by Crippen LogP contribution is -2.43. The monoisotopic (exact) mass is 694 g/mol. The fraction of sp³-hybridized carbons (Fsp3) is 0.500. The van der Waals surface area contributed by atoms with Gasteiger partial charge in [-0.05, 0) is 43.2 Å². The van der Waals surface area contributed by atoms with Crippen LogP contribution >= 0.6 is 0 Å². The summed E-state index contributed by atoms with van der Waals surface area (Å²) in [6, 6.07) is 5.61. The highest BCUT2D eigenvalue weighted by Gasteiger charge is 2.49. The molecule has 49 heavy (non-hydrogen) atoms. The van der Waals surface area contributed by atoms with Crippen LogP contribution in [0, 0.1) is 16.7 Å². The summed E-state index contributed by atoms with van der Waals surface area (Å²) in [5, 5.41) is 22.5. The van der Waals surface area contributed by atoms with Gasteiger partial charge in [-0.3, -0.25) is 4.68 Å². The molecule has 13 nitrogen and oxygen atoms in total. The van der Waals surface area contributed by atoms with Crippen molar-refractivity contribution in [1.82, 2.24) is 39.1 Å². The van der Waals surface area contributed by atoms with Gasteiger partial charge in [0.15, 0.2) is 22.9 Å². The number of hydrogen-bond donors (Lipinski definition) is 1. The number of aryl methyl sites for hydroxylation is 1. The molecule has 1 saturated heterocycles. The molecule has 1 aliphatic carbocycles. The van der Waals surface area contributed by atoms with Crippen LogP contribution in [0.3, 0.4) is 0 Å². The first kappa shape index (κ1) is 33.0. The first-order chi connectivity index (χ1) is 23.3. The van der Waals surface area contributed by atoms with Gasteiger partial charge in [-0.25, -0.2) is 14.6 Å². The number of imidazole rings is 1. The number of pyridine rings is 2. The predicted octanol–water partition coefficient (Wildman–Crippen LogP) is 6.78. The van der Waals surface area contributed by atoms with Gasteiger partial charge in [0.2, 0.25) is 5.95 Å². The Hall–Kier alpha value is -4.53. The lowest BCUT2D eigenvalue weighted by molar-refractivity contribution is -0.148. The summed E-state index contributed by atoms with van der Waals surface area (Å²) in [7, 11) is 0.431. The third-order valence-corrected chi connectivity index (χ3v) is 11.1. The molecule has 7 rings (SSSR count). The molecule has 2 fully saturated rings. The number of rotatable bonds is 10. The maximum Gasteiger partial charge on any atom is 0.433 e. The minimum absolute atomic E-state index is 0.00461. The van der Waals surface area contributed by atoms with Crippen molar-refractivity contribution in [1.29, 1.82) is 5.26 Å². The quantitative estimate of drug-likeness (QED) is 0.123. The highest BCUT2D eigenvalue weighted by atomic mass is 28.3. The number of fused-ring (bicyclic) bond motifs is 2. The summed E-state index contributed by atoms with van der Waals surface area (Å²) in [5.41, 5.74) is 0.543. The Morgan fingerprint density at radius 3 is 2.61 bits per heavy atom. The maximum atomic E-state index is 14.1. The van der Waals surface area contributed by atoms with Crippen molar-refractivity contribution >= 4 is 42.0 Å². The molecule has 1 aliphatic heterocycles. The van der Waals surface area contributed by atoms with Crippen LogP contribution in [0.2, 0.25) is 25.7 Å². The molecule has 1 spiro atoms. The summed E-state index contributed by atoms with van der Waals surface area (Å²) in [6.45, 7) is 9.09. The van der Waals surface area contributed by atoms with E-state index in [-0.39, 0.29) is 46.9 Å². The molecule has 258 valence electrons. The van der Waals surface area contributed by atoms with Gasteiger partial charge in [-0.2, -0.15) is 33.6 Å². The number of anilines is 2. The molecule has 0 radical (unpaired) electrons. The topological polar surface area (TPSA) is 143 Å². The Morgan fingerprint density at radius 2 is 1.90 bits per heavy atom. The first-order valence-corrected chi connectivity index (χ1v) is 19.9. The molecule has 1 N–H and O–H groups in total. The lowest BCUT2D eigenvalue weighted by atomic mass is 9.61. The van der Waals surface area contributed by atoms with Crippen molar-refractivity contribution in [2.75, 3.05) is 25.1 Å². The van der Waals surface area contributed by atoms with Crippen LogP contribution < -0.4 is 10.1 Å². The number of halogens is 3. The number of ether oxygens (including phenoxy) is 3. The third-order valence-electron chi connectivity index (χ3n) is 9.37. The Kier molecular flexibility index (Phi) is 8.36. The van der Waals surface area contributed by atoms with Crippen LogP contribution in [-0.2, 0) is 29.4 Å². The van der Waals surface area contributed by atoms with E-state index >= 15 is 0 Å². The second kappa shape index (κ2) is 12.4. The lowest BCUT2D eigenvalue weighted by Gasteiger charge is -2.50. The fourth-order valence-corrected chi connectivity index (χ4v) is 7.35. The van der Waals surface area contributed by atoms with Crippen molar-refractivity contribution in [2.24, 2.45) is 12.5 Å². The van der Waals surface area contributed by atoms with Gasteiger partial charge in [0.25, 0.3) is 0 Å². The van der Waals surface area contributed by atoms with Gasteiger partial charge in [-0.15, -0.1) is 0 Å². The largest absolute Gasteiger partial charge is 0.453 e. The molecular weight excluding hydrogens is 657 g/mol. The fourth-order valence-electron chi connectivity index (χ4n) is 6.60. The highest BCUT2D eigenvalue weighted by molar-refractivity contribution is 6.76. The molecule has 5 aromatic heterocycles. The van der Waals surface area contributed by atoms with Gasteiger partial charge in [-0.1, -0.05) is 19.6 Å². The summed E-state index contributed by atoms with van der Waals surface area (Å²) in [6.07, 6.45) is 2.95. The second-order valence-corrected chi connectivity index (χ2v) is 19.7. The van der Waals surface area contributed by atoms with Gasteiger partial charge in [0.05, 0.1) is 24.6 Å². The number of nitrogens with one attached hydrogen (secondary N) is 1.